The lowest BCUT2D eigenvalue weighted by Gasteiger charge is -2.40. The molecule has 33 heavy (non-hydrogen) atoms. The largest absolute Gasteiger partial charge is 0.351 e. The van der Waals surface area contributed by atoms with Crippen molar-refractivity contribution in [3.8, 4) is 0 Å². The minimum absolute atomic E-state index is 0.174. The van der Waals surface area contributed by atoms with Gasteiger partial charge in [0.05, 0.1) is 6.54 Å². The maximum absolute atomic E-state index is 13.1. The van der Waals surface area contributed by atoms with E-state index in [0.29, 0.717) is 18.8 Å². The van der Waals surface area contributed by atoms with Crippen LogP contribution < -0.4 is 10.6 Å². The average Bonchev–Trinajstić information content (AvgIpc) is 3.49. The fourth-order valence-corrected chi connectivity index (χ4v) is 4.41. The number of fused-ring (bicyclic) bond motifs is 1. The van der Waals surface area contributed by atoms with E-state index in [9.17, 15) is 14.4 Å². The van der Waals surface area contributed by atoms with Gasteiger partial charge in [0.1, 0.15) is 11.2 Å². The fraction of sp³-hybridized carbons (Fsp3) is 0.500. The molecule has 0 saturated carbocycles. The second kappa shape index (κ2) is 9.74. The Labute approximate surface area is 194 Å². The van der Waals surface area contributed by atoms with Gasteiger partial charge in [-0.15, -0.1) is 0 Å². The molecule has 4 rings (SSSR count). The number of nitrogens with zero attached hydrogens (tertiary/aromatic N) is 4. The first-order valence-electron chi connectivity index (χ1n) is 11.6. The predicted octanol–water partition coefficient (Wildman–Crippen LogP) is 1.26. The molecule has 9 heteroatoms. The van der Waals surface area contributed by atoms with Gasteiger partial charge in [0.25, 0.3) is 11.8 Å². The number of likely N-dealkylation sites (N-methyl/N-ethyl adjacent to an activating group) is 1. The number of carbonyl (C=O) groups excluding carboxylic acids is 3. The van der Waals surface area contributed by atoms with Crippen LogP contribution in [-0.4, -0.2) is 76.1 Å². The molecule has 3 heterocycles. The first-order chi connectivity index (χ1) is 15.9. The smallest absolute Gasteiger partial charge is 0.272 e. The van der Waals surface area contributed by atoms with Crippen LogP contribution in [0.5, 0.6) is 0 Å². The number of benzene rings is 1. The highest BCUT2D eigenvalue weighted by molar-refractivity contribution is 6.01. The number of carbonyl (C=O) groups is 3. The number of amides is 3. The minimum Gasteiger partial charge on any atom is -0.351 e. The summed E-state index contributed by atoms with van der Waals surface area (Å²) in [5.41, 5.74) is 0.367. The summed E-state index contributed by atoms with van der Waals surface area (Å²) in [5, 5.41) is 10.2. The number of hydrogen-bond donors (Lipinski definition) is 2. The van der Waals surface area contributed by atoms with Crippen LogP contribution in [0.4, 0.5) is 0 Å². The Morgan fingerprint density at radius 1 is 1.12 bits per heavy atom. The molecule has 1 unspecified atom stereocenters. The summed E-state index contributed by atoms with van der Waals surface area (Å²) in [6.07, 6.45) is 3.37. The van der Waals surface area contributed by atoms with Gasteiger partial charge in [-0.25, -0.2) is 0 Å². The first kappa shape index (κ1) is 23.0. The van der Waals surface area contributed by atoms with Crippen LogP contribution in [-0.2, 0) is 17.9 Å². The van der Waals surface area contributed by atoms with E-state index < -0.39 is 5.54 Å². The monoisotopic (exact) mass is 452 g/mol. The van der Waals surface area contributed by atoms with E-state index in [1.165, 1.54) is 28.5 Å². The summed E-state index contributed by atoms with van der Waals surface area (Å²) in [7, 11) is 1.61. The number of hydrogen-bond acceptors (Lipinski definition) is 5. The highest BCUT2D eigenvalue weighted by Crippen LogP contribution is 2.26. The molecule has 2 aliphatic heterocycles. The van der Waals surface area contributed by atoms with Crippen molar-refractivity contribution in [2.45, 2.75) is 44.8 Å². The van der Waals surface area contributed by atoms with Crippen molar-refractivity contribution in [3.05, 3.63) is 53.3 Å². The van der Waals surface area contributed by atoms with Gasteiger partial charge in [0.15, 0.2) is 5.69 Å². The van der Waals surface area contributed by atoms with Crippen molar-refractivity contribution < 1.29 is 14.4 Å². The van der Waals surface area contributed by atoms with Crippen LogP contribution in [0.2, 0.25) is 0 Å². The van der Waals surface area contributed by atoms with E-state index in [1.54, 1.807) is 14.0 Å². The second-order valence-corrected chi connectivity index (χ2v) is 9.04. The SMILES string of the molecule is CN1C(=O)c2cc(C(=O)NCCCN3CCCC3)nn2CC1(C)C(=O)NCc1ccccc1. The van der Waals surface area contributed by atoms with Gasteiger partial charge in [-0.3, -0.25) is 19.1 Å². The van der Waals surface area contributed by atoms with E-state index in [0.717, 1.165) is 31.6 Å². The molecular formula is C24H32N6O3. The molecule has 2 aromatic rings. The Morgan fingerprint density at radius 3 is 2.58 bits per heavy atom. The molecule has 2 aliphatic rings. The zero-order valence-corrected chi connectivity index (χ0v) is 19.3. The van der Waals surface area contributed by atoms with E-state index in [4.69, 9.17) is 0 Å². The van der Waals surface area contributed by atoms with Gasteiger partial charge < -0.3 is 20.4 Å². The summed E-state index contributed by atoms with van der Waals surface area (Å²) in [6, 6.07) is 11.1. The Balaban J connectivity index is 1.38. The quantitative estimate of drug-likeness (QED) is 0.588. The van der Waals surface area contributed by atoms with Crippen LogP contribution in [0.3, 0.4) is 0 Å². The molecule has 176 valence electrons. The molecule has 1 saturated heterocycles. The first-order valence-corrected chi connectivity index (χ1v) is 11.6. The summed E-state index contributed by atoms with van der Waals surface area (Å²) < 4.78 is 1.48. The second-order valence-electron chi connectivity index (χ2n) is 9.04. The number of nitrogens with one attached hydrogen (secondary N) is 2. The summed E-state index contributed by atoms with van der Waals surface area (Å²) >= 11 is 0. The number of rotatable bonds is 8. The zero-order chi connectivity index (χ0) is 23.4. The van der Waals surface area contributed by atoms with Crippen molar-refractivity contribution in [2.75, 3.05) is 33.2 Å². The van der Waals surface area contributed by atoms with Gasteiger partial charge in [-0.2, -0.15) is 5.10 Å². The van der Waals surface area contributed by atoms with E-state index in [-0.39, 0.29) is 30.0 Å². The third kappa shape index (κ3) is 4.93. The molecule has 1 fully saturated rings. The molecule has 2 N–H and O–H groups in total. The topological polar surface area (TPSA) is 99.6 Å². The molecule has 0 bridgehead atoms. The van der Waals surface area contributed by atoms with E-state index >= 15 is 0 Å². The average molecular weight is 453 g/mol. The Kier molecular flexibility index (Phi) is 6.78. The molecular weight excluding hydrogens is 420 g/mol. The minimum atomic E-state index is -1.12. The Morgan fingerprint density at radius 2 is 1.85 bits per heavy atom. The molecule has 1 aromatic heterocycles. The standard InChI is InChI=1S/C24H32N6O3/c1-24(23(33)26-16-18-9-4-3-5-10-18)17-30-20(22(32)28(24)2)15-19(27-30)21(31)25-11-8-14-29-12-6-7-13-29/h3-5,9-10,15H,6-8,11-14,16-17H2,1-2H3,(H,25,31)(H,26,33). The Bertz CT molecular complexity index is 1010. The van der Waals surface area contributed by atoms with Crippen molar-refractivity contribution >= 4 is 17.7 Å². The molecule has 0 spiro atoms. The highest BCUT2D eigenvalue weighted by Gasteiger charge is 2.46. The van der Waals surface area contributed by atoms with Gasteiger partial charge >= 0.3 is 0 Å². The van der Waals surface area contributed by atoms with Crippen molar-refractivity contribution in [1.82, 2.24) is 30.2 Å². The third-order valence-electron chi connectivity index (χ3n) is 6.65. The van der Waals surface area contributed by atoms with Gasteiger partial charge in [0, 0.05) is 26.2 Å². The van der Waals surface area contributed by atoms with Crippen molar-refractivity contribution in [2.24, 2.45) is 0 Å². The lowest BCUT2D eigenvalue weighted by atomic mass is 9.96. The highest BCUT2D eigenvalue weighted by atomic mass is 16.2. The number of aromatic nitrogens is 2. The van der Waals surface area contributed by atoms with Crippen LogP contribution in [0, 0.1) is 0 Å². The summed E-state index contributed by atoms with van der Waals surface area (Å²) in [5.74, 6) is -0.903. The van der Waals surface area contributed by atoms with E-state index in [2.05, 4.69) is 20.6 Å². The molecule has 0 aliphatic carbocycles. The lowest BCUT2D eigenvalue weighted by molar-refractivity contribution is -0.132. The molecule has 0 radical (unpaired) electrons. The lowest BCUT2D eigenvalue weighted by Crippen LogP contribution is -2.62. The Hall–Kier alpha value is -3.20. The van der Waals surface area contributed by atoms with Crippen LogP contribution in [0.15, 0.2) is 36.4 Å². The number of likely N-dealkylation sites (tertiary alicyclic amines) is 1. The van der Waals surface area contributed by atoms with E-state index in [1.807, 2.05) is 30.3 Å². The maximum atomic E-state index is 13.1. The van der Waals surface area contributed by atoms with Crippen LogP contribution in [0.25, 0.3) is 0 Å². The fourth-order valence-electron chi connectivity index (χ4n) is 4.41. The van der Waals surface area contributed by atoms with Crippen molar-refractivity contribution in [1.29, 1.82) is 0 Å². The predicted molar refractivity (Wildman–Crippen MR) is 124 cm³/mol. The molecule has 9 nitrogen and oxygen atoms in total. The van der Waals surface area contributed by atoms with Crippen molar-refractivity contribution in [3.63, 3.8) is 0 Å². The maximum Gasteiger partial charge on any atom is 0.272 e. The zero-order valence-electron chi connectivity index (χ0n) is 19.3. The third-order valence-corrected chi connectivity index (χ3v) is 6.65. The van der Waals surface area contributed by atoms with Crippen LogP contribution in [0.1, 0.15) is 52.7 Å². The molecule has 3 amide bonds. The summed E-state index contributed by atoms with van der Waals surface area (Å²) in [4.78, 5) is 42.5. The normalized spacial score (nSPS) is 20.5. The summed E-state index contributed by atoms with van der Waals surface area (Å²) in [6.45, 7) is 6.06. The molecule has 1 aromatic carbocycles. The van der Waals surface area contributed by atoms with Gasteiger partial charge in [-0.1, -0.05) is 30.3 Å². The van der Waals surface area contributed by atoms with Crippen LogP contribution >= 0.6 is 0 Å². The van der Waals surface area contributed by atoms with Gasteiger partial charge in [0.2, 0.25) is 5.91 Å². The molecule has 1 atom stereocenters. The van der Waals surface area contributed by atoms with Gasteiger partial charge in [-0.05, 0) is 51.4 Å².